The number of amides is 1. The summed E-state index contributed by atoms with van der Waals surface area (Å²) in [5.41, 5.74) is 2.29. The molecule has 0 aromatic carbocycles. The molecule has 0 saturated heterocycles. The number of carbonyl (C=O) groups is 1. The monoisotopic (exact) mass is 157 g/mol. The Balaban J connectivity index is 3.32. The van der Waals surface area contributed by atoms with Crippen LogP contribution in [0.4, 0.5) is 0 Å². The molecule has 0 unspecified atom stereocenters. The summed E-state index contributed by atoms with van der Waals surface area (Å²) in [7, 11) is 0. The van der Waals surface area contributed by atoms with Crippen LogP contribution in [0.3, 0.4) is 0 Å². The fraction of sp³-hybridized carbons (Fsp3) is 0.625. The third-order valence-electron chi connectivity index (χ3n) is 0.907. The maximum absolute atomic E-state index is 10.7. The summed E-state index contributed by atoms with van der Waals surface area (Å²) in [6.07, 6.45) is 3.08. The molecule has 3 nitrogen and oxygen atoms in total. The van der Waals surface area contributed by atoms with Gasteiger partial charge in [-0.1, -0.05) is 19.9 Å². The minimum absolute atomic E-state index is 0.215. The topological polar surface area (TPSA) is 38.3 Å². The van der Waals surface area contributed by atoms with Gasteiger partial charge in [0.2, 0.25) is 0 Å². The van der Waals surface area contributed by atoms with Crippen molar-refractivity contribution in [1.82, 2.24) is 5.48 Å². The molecular weight excluding hydrogens is 142 g/mol. The normalized spacial score (nSPS) is 10.9. The van der Waals surface area contributed by atoms with E-state index < -0.39 is 0 Å². The third kappa shape index (κ3) is 7.06. The molecule has 0 saturated carbocycles. The fourth-order valence-electron chi connectivity index (χ4n) is 0.465. The molecule has 3 heteroatoms. The van der Waals surface area contributed by atoms with E-state index in [9.17, 15) is 4.79 Å². The van der Waals surface area contributed by atoms with Crippen molar-refractivity contribution in [1.29, 1.82) is 0 Å². The molecule has 0 radical (unpaired) electrons. The lowest BCUT2D eigenvalue weighted by Gasteiger charge is -2.04. The second-order valence-corrected chi connectivity index (χ2v) is 2.67. The summed E-state index contributed by atoms with van der Waals surface area (Å²) < 4.78 is 0. The summed E-state index contributed by atoms with van der Waals surface area (Å²) in [6.45, 7) is 6.36. The predicted molar refractivity (Wildman–Crippen MR) is 43.7 cm³/mol. The van der Waals surface area contributed by atoms with E-state index in [0.29, 0.717) is 12.5 Å². The van der Waals surface area contributed by atoms with Crippen molar-refractivity contribution < 1.29 is 9.63 Å². The number of hydrogen-bond donors (Lipinski definition) is 1. The van der Waals surface area contributed by atoms with E-state index in [1.54, 1.807) is 13.0 Å². The van der Waals surface area contributed by atoms with Gasteiger partial charge in [0.1, 0.15) is 0 Å². The molecule has 0 heterocycles. The van der Waals surface area contributed by atoms with Crippen molar-refractivity contribution in [2.75, 3.05) is 6.61 Å². The van der Waals surface area contributed by atoms with E-state index >= 15 is 0 Å². The van der Waals surface area contributed by atoms with Crippen LogP contribution in [0.5, 0.6) is 0 Å². The Bertz CT molecular complexity index is 141. The molecule has 0 spiro atoms. The maximum atomic E-state index is 10.7. The molecule has 11 heavy (non-hydrogen) atoms. The van der Waals surface area contributed by atoms with Crippen LogP contribution in [0.2, 0.25) is 0 Å². The first kappa shape index (κ1) is 10.2. The average Bonchev–Trinajstić information content (AvgIpc) is 1.87. The lowest BCUT2D eigenvalue weighted by atomic mass is 10.2. The molecule has 1 amide bonds. The lowest BCUT2D eigenvalue weighted by molar-refractivity contribution is -0.129. The smallest absolute Gasteiger partial charge is 0.267 e. The van der Waals surface area contributed by atoms with E-state index in [4.69, 9.17) is 4.84 Å². The van der Waals surface area contributed by atoms with Gasteiger partial charge in [0.25, 0.3) is 5.91 Å². The van der Waals surface area contributed by atoms with Crippen LogP contribution in [-0.4, -0.2) is 12.5 Å². The molecule has 0 atom stereocenters. The molecule has 0 rings (SSSR count). The van der Waals surface area contributed by atoms with E-state index in [1.807, 2.05) is 13.8 Å². The van der Waals surface area contributed by atoms with E-state index in [0.717, 1.165) is 0 Å². The third-order valence-corrected chi connectivity index (χ3v) is 0.907. The first-order valence-corrected chi connectivity index (χ1v) is 3.71. The summed E-state index contributed by atoms with van der Waals surface area (Å²) in [4.78, 5) is 15.6. The fourth-order valence-corrected chi connectivity index (χ4v) is 0.465. The molecule has 0 aliphatic heterocycles. The van der Waals surface area contributed by atoms with Gasteiger partial charge in [-0.25, -0.2) is 5.48 Å². The van der Waals surface area contributed by atoms with Crippen molar-refractivity contribution in [3.8, 4) is 0 Å². The standard InChI is InChI=1S/C8H15NO2/c1-4-5-8(10)9-11-6-7(2)3/h4-5,7H,6H2,1-3H3,(H,9,10)/b5-4+. The van der Waals surface area contributed by atoms with Crippen LogP contribution >= 0.6 is 0 Å². The van der Waals surface area contributed by atoms with Crippen molar-refractivity contribution in [2.45, 2.75) is 20.8 Å². The van der Waals surface area contributed by atoms with E-state index in [2.05, 4.69) is 5.48 Å². The molecule has 0 aromatic heterocycles. The van der Waals surface area contributed by atoms with Gasteiger partial charge < -0.3 is 0 Å². The zero-order chi connectivity index (χ0) is 8.69. The van der Waals surface area contributed by atoms with Gasteiger partial charge in [-0.3, -0.25) is 9.63 Å². The zero-order valence-corrected chi connectivity index (χ0v) is 7.26. The van der Waals surface area contributed by atoms with Crippen LogP contribution in [0.1, 0.15) is 20.8 Å². The molecule has 0 fully saturated rings. The predicted octanol–water partition coefficient (Wildman–Crippen LogP) is 1.27. The Hall–Kier alpha value is -0.830. The SMILES string of the molecule is C/C=C/C(=O)NOCC(C)C. The second-order valence-electron chi connectivity index (χ2n) is 2.67. The quantitative estimate of drug-likeness (QED) is 0.493. The van der Waals surface area contributed by atoms with Crippen LogP contribution in [-0.2, 0) is 9.63 Å². The summed E-state index contributed by atoms with van der Waals surface area (Å²) in [5.74, 6) is 0.217. The number of carbonyl (C=O) groups excluding carboxylic acids is 1. The summed E-state index contributed by atoms with van der Waals surface area (Å²) >= 11 is 0. The van der Waals surface area contributed by atoms with Gasteiger partial charge in [0.05, 0.1) is 6.61 Å². The van der Waals surface area contributed by atoms with Gasteiger partial charge >= 0.3 is 0 Å². The van der Waals surface area contributed by atoms with Gasteiger partial charge in [0, 0.05) is 6.08 Å². The second kappa shape index (κ2) is 5.92. The van der Waals surface area contributed by atoms with Gasteiger partial charge in [-0.15, -0.1) is 0 Å². The number of nitrogens with one attached hydrogen (secondary N) is 1. The molecule has 64 valence electrons. The highest BCUT2D eigenvalue weighted by Gasteiger charge is 1.95. The van der Waals surface area contributed by atoms with E-state index in [-0.39, 0.29) is 5.91 Å². The van der Waals surface area contributed by atoms with Crippen LogP contribution in [0.15, 0.2) is 12.2 Å². The van der Waals surface area contributed by atoms with Crippen LogP contribution < -0.4 is 5.48 Å². The average molecular weight is 157 g/mol. The Morgan fingerprint density at radius 3 is 2.73 bits per heavy atom. The molecule has 0 aromatic rings. The molecular formula is C8H15NO2. The highest BCUT2D eigenvalue weighted by Crippen LogP contribution is 1.89. The van der Waals surface area contributed by atoms with Crippen LogP contribution in [0.25, 0.3) is 0 Å². The Labute approximate surface area is 67.4 Å². The highest BCUT2D eigenvalue weighted by molar-refractivity contribution is 5.86. The summed E-state index contributed by atoms with van der Waals surface area (Å²) in [5, 5.41) is 0. The number of hydrogen-bond acceptors (Lipinski definition) is 2. The molecule has 0 aliphatic carbocycles. The van der Waals surface area contributed by atoms with Gasteiger partial charge in [-0.2, -0.15) is 0 Å². The Kier molecular flexibility index (Phi) is 5.47. The van der Waals surface area contributed by atoms with Crippen molar-refractivity contribution in [3.05, 3.63) is 12.2 Å². The minimum Gasteiger partial charge on any atom is -0.273 e. The minimum atomic E-state index is -0.215. The number of hydroxylamine groups is 1. The first-order chi connectivity index (χ1) is 5.16. The maximum Gasteiger partial charge on any atom is 0.267 e. The Morgan fingerprint density at radius 1 is 1.64 bits per heavy atom. The van der Waals surface area contributed by atoms with Crippen molar-refractivity contribution in [3.63, 3.8) is 0 Å². The van der Waals surface area contributed by atoms with Crippen molar-refractivity contribution >= 4 is 5.91 Å². The summed E-state index contributed by atoms with van der Waals surface area (Å²) in [6, 6.07) is 0. The Morgan fingerprint density at radius 2 is 2.27 bits per heavy atom. The zero-order valence-electron chi connectivity index (χ0n) is 7.26. The first-order valence-electron chi connectivity index (χ1n) is 3.71. The molecule has 0 bridgehead atoms. The van der Waals surface area contributed by atoms with Gasteiger partial charge in [0.15, 0.2) is 0 Å². The molecule has 1 N–H and O–H groups in total. The van der Waals surface area contributed by atoms with Crippen molar-refractivity contribution in [2.24, 2.45) is 5.92 Å². The van der Waals surface area contributed by atoms with E-state index in [1.165, 1.54) is 6.08 Å². The number of allylic oxidation sites excluding steroid dienone is 1. The highest BCUT2D eigenvalue weighted by atomic mass is 16.6. The molecule has 0 aliphatic rings. The lowest BCUT2D eigenvalue weighted by Crippen LogP contribution is -2.23. The largest absolute Gasteiger partial charge is 0.273 e. The number of rotatable bonds is 4. The van der Waals surface area contributed by atoms with Crippen LogP contribution in [0, 0.1) is 5.92 Å². The van der Waals surface area contributed by atoms with Gasteiger partial charge in [-0.05, 0) is 12.8 Å².